The average Bonchev–Trinajstić information content (AvgIpc) is 2.46. The number of pyridine rings is 1. The lowest BCUT2D eigenvalue weighted by Gasteiger charge is -2.34. The van der Waals surface area contributed by atoms with Crippen molar-refractivity contribution in [3.05, 3.63) is 23.9 Å². The Morgan fingerprint density at radius 1 is 1.58 bits per heavy atom. The second kappa shape index (κ2) is 5.99. The van der Waals surface area contributed by atoms with Crippen molar-refractivity contribution >= 4 is 11.7 Å². The molecule has 6 nitrogen and oxygen atoms in total. The summed E-state index contributed by atoms with van der Waals surface area (Å²) in [4.78, 5) is 20.1. The molecule has 1 aromatic heterocycles. The lowest BCUT2D eigenvalue weighted by molar-refractivity contribution is -0.0184. The number of carbonyl (C=O) groups is 1. The molecule has 104 valence electrons. The van der Waals surface area contributed by atoms with Crippen LogP contribution in [0.15, 0.2) is 18.3 Å². The Morgan fingerprint density at radius 2 is 2.37 bits per heavy atom. The quantitative estimate of drug-likeness (QED) is 0.832. The van der Waals surface area contributed by atoms with Gasteiger partial charge in [-0.05, 0) is 12.1 Å². The van der Waals surface area contributed by atoms with Gasteiger partial charge in [-0.25, -0.2) is 4.98 Å². The Labute approximate surface area is 112 Å². The molecule has 1 N–H and O–H groups in total. The molecule has 1 saturated heterocycles. The van der Waals surface area contributed by atoms with E-state index in [1.807, 2.05) is 25.1 Å². The molecule has 0 spiro atoms. The van der Waals surface area contributed by atoms with Crippen LogP contribution in [-0.4, -0.2) is 67.4 Å². The number of hydrogen-bond donors (Lipinski definition) is 1. The summed E-state index contributed by atoms with van der Waals surface area (Å²) in [5, 5.41) is 9.28. The lowest BCUT2D eigenvalue weighted by atomic mass is 10.2. The Balaban J connectivity index is 2.13. The highest BCUT2D eigenvalue weighted by molar-refractivity contribution is 5.94. The molecule has 2 heterocycles. The predicted molar refractivity (Wildman–Crippen MR) is 71.3 cm³/mol. The number of carbonyl (C=O) groups excluding carboxylic acids is 1. The van der Waals surface area contributed by atoms with E-state index in [-0.39, 0.29) is 18.6 Å². The van der Waals surface area contributed by atoms with E-state index in [1.54, 1.807) is 17.2 Å². The first-order chi connectivity index (χ1) is 9.13. The van der Waals surface area contributed by atoms with Crippen molar-refractivity contribution in [3.63, 3.8) is 0 Å². The van der Waals surface area contributed by atoms with Crippen LogP contribution in [0.25, 0.3) is 0 Å². The van der Waals surface area contributed by atoms with Crippen LogP contribution >= 0.6 is 0 Å². The number of aromatic nitrogens is 1. The van der Waals surface area contributed by atoms with E-state index < -0.39 is 0 Å². The summed E-state index contributed by atoms with van der Waals surface area (Å²) in [6.07, 6.45) is 1.57. The van der Waals surface area contributed by atoms with Crippen LogP contribution in [0.3, 0.4) is 0 Å². The number of ether oxygens (including phenoxy) is 1. The molecule has 2 rings (SSSR count). The van der Waals surface area contributed by atoms with E-state index in [9.17, 15) is 9.90 Å². The standard InChI is InChI=1S/C13H19N3O3/c1-15(2)12-4-3-10(7-14-12)13(18)16-5-6-19-9-11(16)8-17/h3-4,7,11,17H,5-6,8-9H2,1-2H3. The zero-order valence-electron chi connectivity index (χ0n) is 11.2. The maximum atomic E-state index is 12.4. The largest absolute Gasteiger partial charge is 0.394 e. The van der Waals surface area contributed by atoms with Crippen LogP contribution in [0.5, 0.6) is 0 Å². The molecule has 1 amide bonds. The maximum absolute atomic E-state index is 12.4. The minimum atomic E-state index is -0.269. The Kier molecular flexibility index (Phi) is 4.34. The molecular weight excluding hydrogens is 246 g/mol. The molecule has 0 aliphatic carbocycles. The molecule has 1 unspecified atom stereocenters. The first-order valence-electron chi connectivity index (χ1n) is 6.26. The van der Waals surface area contributed by atoms with Crippen molar-refractivity contribution in [1.82, 2.24) is 9.88 Å². The molecule has 0 bridgehead atoms. The number of nitrogens with zero attached hydrogens (tertiary/aromatic N) is 3. The summed E-state index contributed by atoms with van der Waals surface area (Å²) in [5.41, 5.74) is 0.533. The zero-order chi connectivity index (χ0) is 13.8. The van der Waals surface area contributed by atoms with Crippen molar-refractivity contribution in [2.75, 3.05) is 45.4 Å². The summed E-state index contributed by atoms with van der Waals surface area (Å²) in [5.74, 6) is 0.692. The molecule has 6 heteroatoms. The zero-order valence-corrected chi connectivity index (χ0v) is 11.2. The summed E-state index contributed by atoms with van der Waals surface area (Å²) in [7, 11) is 3.79. The van der Waals surface area contributed by atoms with Crippen LogP contribution in [-0.2, 0) is 4.74 Å². The fourth-order valence-electron chi connectivity index (χ4n) is 2.02. The summed E-state index contributed by atoms with van der Waals surface area (Å²) < 4.78 is 5.26. The highest BCUT2D eigenvalue weighted by Crippen LogP contribution is 2.14. The second-order valence-corrected chi connectivity index (χ2v) is 4.71. The van der Waals surface area contributed by atoms with Gasteiger partial charge < -0.3 is 19.6 Å². The van der Waals surface area contributed by atoms with E-state index >= 15 is 0 Å². The number of aliphatic hydroxyl groups excluding tert-OH is 1. The van der Waals surface area contributed by atoms with Gasteiger partial charge in [-0.15, -0.1) is 0 Å². The molecule has 0 radical (unpaired) electrons. The minimum Gasteiger partial charge on any atom is -0.394 e. The Hall–Kier alpha value is -1.66. The summed E-state index contributed by atoms with van der Waals surface area (Å²) in [6, 6.07) is 3.30. The minimum absolute atomic E-state index is 0.0883. The first-order valence-corrected chi connectivity index (χ1v) is 6.26. The van der Waals surface area contributed by atoms with Gasteiger partial charge in [0.2, 0.25) is 0 Å². The first kappa shape index (κ1) is 13.8. The smallest absolute Gasteiger partial charge is 0.255 e. The average molecular weight is 265 g/mol. The van der Waals surface area contributed by atoms with E-state index in [0.29, 0.717) is 25.3 Å². The fourth-order valence-corrected chi connectivity index (χ4v) is 2.02. The van der Waals surface area contributed by atoms with Gasteiger partial charge >= 0.3 is 0 Å². The van der Waals surface area contributed by atoms with Gasteiger partial charge in [0.25, 0.3) is 5.91 Å². The number of aliphatic hydroxyl groups is 1. The third-order valence-electron chi connectivity index (χ3n) is 3.15. The predicted octanol–water partition coefficient (Wildman–Crippen LogP) is -0.0191. The number of anilines is 1. The fraction of sp³-hybridized carbons (Fsp3) is 0.538. The molecular formula is C13H19N3O3. The topological polar surface area (TPSA) is 65.9 Å². The van der Waals surface area contributed by atoms with Crippen LogP contribution in [0, 0.1) is 0 Å². The van der Waals surface area contributed by atoms with Crippen molar-refractivity contribution in [3.8, 4) is 0 Å². The van der Waals surface area contributed by atoms with Gasteiger partial charge in [0.1, 0.15) is 5.82 Å². The van der Waals surface area contributed by atoms with Crippen LogP contribution in [0.2, 0.25) is 0 Å². The van der Waals surface area contributed by atoms with Gasteiger partial charge in [-0.3, -0.25) is 4.79 Å². The number of amides is 1. The van der Waals surface area contributed by atoms with Crippen molar-refractivity contribution in [2.24, 2.45) is 0 Å². The van der Waals surface area contributed by atoms with E-state index in [2.05, 4.69) is 4.98 Å². The third-order valence-corrected chi connectivity index (χ3v) is 3.15. The SMILES string of the molecule is CN(C)c1ccc(C(=O)N2CCOCC2CO)cn1. The number of morpholine rings is 1. The summed E-state index contributed by atoms with van der Waals surface area (Å²) in [6.45, 7) is 1.30. The highest BCUT2D eigenvalue weighted by atomic mass is 16.5. The molecule has 19 heavy (non-hydrogen) atoms. The van der Waals surface area contributed by atoms with Gasteiger partial charge in [0.15, 0.2) is 0 Å². The monoisotopic (exact) mass is 265 g/mol. The molecule has 1 aliphatic heterocycles. The Morgan fingerprint density at radius 3 is 2.95 bits per heavy atom. The van der Waals surface area contributed by atoms with Crippen LogP contribution < -0.4 is 4.90 Å². The van der Waals surface area contributed by atoms with Crippen LogP contribution in [0.4, 0.5) is 5.82 Å². The Bertz CT molecular complexity index is 433. The lowest BCUT2D eigenvalue weighted by Crippen LogP contribution is -2.50. The van der Waals surface area contributed by atoms with Crippen molar-refractivity contribution in [1.29, 1.82) is 0 Å². The van der Waals surface area contributed by atoms with E-state index in [0.717, 1.165) is 5.82 Å². The number of hydrogen-bond acceptors (Lipinski definition) is 5. The van der Waals surface area contributed by atoms with Crippen molar-refractivity contribution in [2.45, 2.75) is 6.04 Å². The molecule has 1 atom stereocenters. The third kappa shape index (κ3) is 3.02. The normalized spacial score (nSPS) is 19.3. The van der Waals surface area contributed by atoms with Gasteiger partial charge in [0, 0.05) is 26.8 Å². The van der Waals surface area contributed by atoms with E-state index in [4.69, 9.17) is 4.74 Å². The molecule has 0 aromatic carbocycles. The number of rotatable bonds is 3. The molecule has 1 aliphatic rings. The molecule has 0 saturated carbocycles. The van der Waals surface area contributed by atoms with Gasteiger partial charge in [-0.1, -0.05) is 0 Å². The maximum Gasteiger partial charge on any atom is 0.255 e. The van der Waals surface area contributed by atoms with Crippen LogP contribution in [0.1, 0.15) is 10.4 Å². The van der Waals surface area contributed by atoms with E-state index in [1.165, 1.54) is 0 Å². The summed E-state index contributed by atoms with van der Waals surface area (Å²) >= 11 is 0. The molecule has 1 fully saturated rings. The van der Waals surface area contributed by atoms with Gasteiger partial charge in [-0.2, -0.15) is 0 Å². The highest BCUT2D eigenvalue weighted by Gasteiger charge is 2.27. The van der Waals surface area contributed by atoms with Gasteiger partial charge in [0.05, 0.1) is 31.4 Å². The van der Waals surface area contributed by atoms with Crippen molar-refractivity contribution < 1.29 is 14.6 Å². The second-order valence-electron chi connectivity index (χ2n) is 4.71. The molecule has 1 aromatic rings.